The van der Waals surface area contributed by atoms with E-state index in [9.17, 15) is 0 Å². The van der Waals surface area contributed by atoms with Crippen LogP contribution in [-0.4, -0.2) is 43.1 Å². The lowest BCUT2D eigenvalue weighted by Gasteiger charge is -2.24. The summed E-state index contributed by atoms with van der Waals surface area (Å²) in [7, 11) is 1.73. The van der Waals surface area contributed by atoms with Crippen molar-refractivity contribution in [2.24, 2.45) is 0 Å². The van der Waals surface area contributed by atoms with Gasteiger partial charge in [0.2, 0.25) is 0 Å². The molecule has 0 fully saturated rings. The second kappa shape index (κ2) is 7.08. The molecule has 0 bridgehead atoms. The van der Waals surface area contributed by atoms with E-state index >= 15 is 0 Å². The Balaban J connectivity index is 3.82. The van der Waals surface area contributed by atoms with Crippen molar-refractivity contribution in [1.29, 1.82) is 0 Å². The molecule has 92 valence electrons. The molecule has 0 saturated heterocycles. The molecule has 0 rings (SSSR count). The van der Waals surface area contributed by atoms with E-state index in [4.69, 9.17) is 13.3 Å². The van der Waals surface area contributed by atoms with Gasteiger partial charge in [-0.05, 0) is 12.2 Å². The molecule has 0 aromatic carbocycles. The fourth-order valence-electron chi connectivity index (χ4n) is 1.22. The molecule has 0 aliphatic carbocycles. The topological polar surface area (TPSA) is 27.7 Å². The first-order valence-electron chi connectivity index (χ1n) is 5.18. The summed E-state index contributed by atoms with van der Waals surface area (Å²) in [5.74, 6) is 1.18. The van der Waals surface area contributed by atoms with Gasteiger partial charge in [0.05, 0.1) is 0 Å². The van der Waals surface area contributed by atoms with Crippen molar-refractivity contribution in [2.45, 2.75) is 32.1 Å². The van der Waals surface area contributed by atoms with Crippen molar-refractivity contribution in [1.82, 2.24) is 0 Å². The van der Waals surface area contributed by atoms with Gasteiger partial charge in [-0.2, -0.15) is 11.2 Å². The highest BCUT2D eigenvalue weighted by Gasteiger charge is 2.36. The lowest BCUT2D eigenvalue weighted by Crippen LogP contribution is -2.42. The van der Waals surface area contributed by atoms with E-state index in [-0.39, 0.29) is 0 Å². The van der Waals surface area contributed by atoms with Crippen molar-refractivity contribution in [2.75, 3.05) is 27.1 Å². The van der Waals surface area contributed by atoms with Crippen LogP contribution in [0.3, 0.4) is 0 Å². The largest absolute Gasteiger partial charge is 0.500 e. The number of hydrogen-bond acceptors (Lipinski definition) is 4. The van der Waals surface area contributed by atoms with Crippen LogP contribution < -0.4 is 0 Å². The Kier molecular flexibility index (Phi) is 7.39. The van der Waals surface area contributed by atoms with Crippen molar-refractivity contribution < 1.29 is 13.3 Å². The lowest BCUT2D eigenvalue weighted by atomic mass is 10.6. The van der Waals surface area contributed by atoms with Gasteiger partial charge in [-0.15, -0.1) is 0 Å². The van der Waals surface area contributed by atoms with Crippen molar-refractivity contribution in [3.8, 4) is 0 Å². The molecule has 6 heteroatoms. The van der Waals surface area contributed by atoms with Gasteiger partial charge in [0, 0.05) is 27.4 Å². The second-order valence-corrected chi connectivity index (χ2v) is 16.9. The molecule has 0 amide bonds. The minimum Gasteiger partial charge on any atom is -0.377 e. The van der Waals surface area contributed by atoms with Gasteiger partial charge in [0.15, 0.2) is 0 Å². The normalized spacial score (nSPS) is 13.2. The standard InChI is InChI=1S/C9H24O3SSi2/c1-10-15(11-2,12-3)9-7-8-13-14(4,5)6/h7-9H2,1-6H3. The SMILES string of the molecule is CO[Si](CCCS[Si](C)(C)C)(OC)OC. The van der Waals surface area contributed by atoms with Crippen LogP contribution in [0.25, 0.3) is 0 Å². The van der Waals surface area contributed by atoms with E-state index in [0.717, 1.165) is 12.5 Å². The second-order valence-electron chi connectivity index (χ2n) is 4.36. The smallest absolute Gasteiger partial charge is 0.377 e. The van der Waals surface area contributed by atoms with Crippen LogP contribution in [0.4, 0.5) is 0 Å². The van der Waals surface area contributed by atoms with E-state index in [0.29, 0.717) is 0 Å². The third-order valence-electron chi connectivity index (χ3n) is 2.10. The molecule has 0 spiro atoms. The van der Waals surface area contributed by atoms with E-state index in [1.165, 1.54) is 5.75 Å². The minimum absolute atomic E-state index is 0.911. The van der Waals surface area contributed by atoms with Crippen LogP contribution >= 0.6 is 11.2 Å². The molecule has 0 aromatic rings. The third-order valence-corrected chi connectivity index (χ3v) is 9.50. The van der Waals surface area contributed by atoms with E-state index in [2.05, 4.69) is 30.9 Å². The zero-order valence-electron chi connectivity index (χ0n) is 10.8. The number of hydrogen-bond donors (Lipinski definition) is 0. The maximum absolute atomic E-state index is 5.36. The first kappa shape index (κ1) is 15.7. The Bertz CT molecular complexity index is 161. The van der Waals surface area contributed by atoms with Gasteiger partial charge in [-0.25, -0.2) is 0 Å². The molecule has 15 heavy (non-hydrogen) atoms. The molecule has 0 unspecified atom stereocenters. The quantitative estimate of drug-likeness (QED) is 0.500. The fraction of sp³-hybridized carbons (Fsp3) is 1.00. The first-order chi connectivity index (χ1) is 6.89. The summed E-state index contributed by atoms with van der Waals surface area (Å²) in [5.41, 5.74) is 0. The monoisotopic (exact) mass is 268 g/mol. The van der Waals surface area contributed by atoms with Gasteiger partial charge >= 0.3 is 8.80 Å². The molecule has 0 aliphatic rings. The summed E-state index contributed by atoms with van der Waals surface area (Å²) in [6.45, 7) is 7.10. The number of rotatable bonds is 8. The Labute approximate surface area is 99.9 Å². The molecule has 0 saturated carbocycles. The molecule has 0 aliphatic heterocycles. The molecule has 0 aromatic heterocycles. The molecule has 0 heterocycles. The predicted molar refractivity (Wildman–Crippen MR) is 72.0 cm³/mol. The average molecular weight is 269 g/mol. The molecule has 3 nitrogen and oxygen atoms in total. The predicted octanol–water partition coefficient (Wildman–Crippen LogP) is 2.82. The van der Waals surface area contributed by atoms with Crippen LogP contribution in [0.5, 0.6) is 0 Å². The molecule has 0 N–H and O–H groups in total. The lowest BCUT2D eigenvalue weighted by molar-refractivity contribution is 0.123. The Morgan fingerprint density at radius 2 is 1.40 bits per heavy atom. The fourth-order valence-corrected chi connectivity index (χ4v) is 6.37. The highest BCUT2D eigenvalue weighted by atomic mass is 32.4. The van der Waals surface area contributed by atoms with E-state index in [1.807, 2.05) is 0 Å². The zero-order chi connectivity index (χ0) is 11.9. The molecule has 0 atom stereocenters. The summed E-state index contributed by atoms with van der Waals surface area (Å²) in [6.07, 6.45) is 1.11. The zero-order valence-corrected chi connectivity index (χ0v) is 13.6. The summed E-state index contributed by atoms with van der Waals surface area (Å²) in [5, 5.41) is 0. The van der Waals surface area contributed by atoms with Crippen LogP contribution in [0.2, 0.25) is 25.7 Å². The van der Waals surface area contributed by atoms with Gasteiger partial charge in [0.25, 0.3) is 0 Å². The van der Waals surface area contributed by atoms with Crippen molar-refractivity contribution in [3.05, 3.63) is 0 Å². The summed E-state index contributed by atoms with van der Waals surface area (Å²) in [4.78, 5) is 0. The van der Waals surface area contributed by atoms with Gasteiger partial charge in [-0.1, -0.05) is 19.6 Å². The van der Waals surface area contributed by atoms with Crippen LogP contribution in [0.1, 0.15) is 6.42 Å². The maximum atomic E-state index is 5.36. The third kappa shape index (κ3) is 6.75. The molecule has 0 radical (unpaired) electrons. The summed E-state index contributed by atoms with van der Waals surface area (Å²) >= 11 is 2.10. The highest BCUT2D eigenvalue weighted by molar-refractivity contribution is 8.28. The summed E-state index contributed by atoms with van der Waals surface area (Å²) < 4.78 is 16.1. The first-order valence-corrected chi connectivity index (χ1v) is 12.3. The average Bonchev–Trinajstić information content (AvgIpc) is 2.18. The van der Waals surface area contributed by atoms with E-state index in [1.54, 1.807) is 21.3 Å². The maximum Gasteiger partial charge on any atom is 0.500 e. The summed E-state index contributed by atoms with van der Waals surface area (Å²) in [6, 6.07) is 0.911. The van der Waals surface area contributed by atoms with Crippen LogP contribution in [0.15, 0.2) is 0 Å². The van der Waals surface area contributed by atoms with E-state index < -0.39 is 16.0 Å². The van der Waals surface area contributed by atoms with Gasteiger partial charge < -0.3 is 13.3 Å². The highest BCUT2D eigenvalue weighted by Crippen LogP contribution is 2.23. The van der Waals surface area contributed by atoms with Crippen LogP contribution in [-0.2, 0) is 13.3 Å². The van der Waals surface area contributed by atoms with Crippen LogP contribution in [0, 0.1) is 0 Å². The van der Waals surface area contributed by atoms with Gasteiger partial charge in [0.1, 0.15) is 7.22 Å². The minimum atomic E-state index is -2.31. The Morgan fingerprint density at radius 3 is 1.73 bits per heavy atom. The Morgan fingerprint density at radius 1 is 0.933 bits per heavy atom. The molecular weight excluding hydrogens is 244 g/mol. The Hall–Kier alpha value is 0.664. The van der Waals surface area contributed by atoms with Gasteiger partial charge in [-0.3, -0.25) is 0 Å². The molecular formula is C9H24O3SSi2. The van der Waals surface area contributed by atoms with Crippen molar-refractivity contribution >= 4 is 27.2 Å². The van der Waals surface area contributed by atoms with Crippen molar-refractivity contribution in [3.63, 3.8) is 0 Å².